The maximum Gasteiger partial charge on any atom is 0.338 e. The number of amides is 3. The number of aryl methyl sites for hydroxylation is 1. The largest absolute Gasteiger partial charge is 0.452 e. The number of ether oxygens (including phenoxy) is 1. The lowest BCUT2D eigenvalue weighted by Crippen LogP contribution is -2.29. The number of anilines is 1. The fraction of sp³-hybridized carbons (Fsp3) is 0.120. The maximum atomic E-state index is 13.6. The summed E-state index contributed by atoms with van der Waals surface area (Å²) in [6, 6.07) is 16.9. The number of nitrogens with zero attached hydrogens (tertiary/aromatic N) is 1. The normalized spacial score (nSPS) is 12.5. The van der Waals surface area contributed by atoms with Crippen LogP contribution in [0, 0.1) is 12.7 Å². The number of carbonyl (C=O) groups excluding carboxylic acids is 4. The van der Waals surface area contributed by atoms with Gasteiger partial charge in [-0.25, -0.2) is 14.1 Å². The van der Waals surface area contributed by atoms with E-state index in [2.05, 4.69) is 5.32 Å². The molecule has 1 aliphatic heterocycles. The number of imide groups is 1. The molecule has 0 radical (unpaired) electrons. The molecular weight excluding hydrogens is 427 g/mol. The van der Waals surface area contributed by atoms with E-state index in [1.54, 1.807) is 43.3 Å². The number of esters is 1. The van der Waals surface area contributed by atoms with Crippen molar-refractivity contribution in [3.8, 4) is 0 Å². The van der Waals surface area contributed by atoms with Crippen LogP contribution in [0.2, 0.25) is 0 Å². The van der Waals surface area contributed by atoms with Gasteiger partial charge >= 0.3 is 5.97 Å². The second-order valence-corrected chi connectivity index (χ2v) is 7.47. The molecule has 0 fully saturated rings. The second-order valence-electron chi connectivity index (χ2n) is 7.47. The quantitative estimate of drug-likeness (QED) is 0.463. The summed E-state index contributed by atoms with van der Waals surface area (Å²) in [6.45, 7) is 1.24. The molecule has 0 saturated heterocycles. The van der Waals surface area contributed by atoms with E-state index in [0.717, 1.165) is 4.90 Å². The fourth-order valence-electron chi connectivity index (χ4n) is 3.38. The zero-order valence-electron chi connectivity index (χ0n) is 17.6. The number of hydrogen-bond acceptors (Lipinski definition) is 5. The fourth-order valence-corrected chi connectivity index (χ4v) is 3.38. The molecule has 0 bridgehead atoms. The SMILES string of the molecule is Cc1ccc(CNC(=O)COC(=O)c2ccc(N3C(=O)c4ccccc4C3=O)cc2)cc1F. The predicted octanol–water partition coefficient (Wildman–Crippen LogP) is 3.41. The Kier molecular flexibility index (Phi) is 5.99. The van der Waals surface area contributed by atoms with Crippen molar-refractivity contribution in [2.75, 3.05) is 11.5 Å². The van der Waals surface area contributed by atoms with Crippen molar-refractivity contribution >= 4 is 29.4 Å². The molecule has 8 heteroatoms. The molecule has 166 valence electrons. The Labute approximate surface area is 188 Å². The van der Waals surface area contributed by atoms with Gasteiger partial charge < -0.3 is 10.1 Å². The first-order valence-corrected chi connectivity index (χ1v) is 10.1. The van der Waals surface area contributed by atoms with Crippen LogP contribution in [0.5, 0.6) is 0 Å². The molecule has 0 unspecified atom stereocenters. The van der Waals surface area contributed by atoms with Gasteiger partial charge in [0, 0.05) is 6.54 Å². The van der Waals surface area contributed by atoms with Crippen LogP contribution in [0.15, 0.2) is 66.7 Å². The second kappa shape index (κ2) is 9.04. The maximum absolute atomic E-state index is 13.6. The molecule has 4 rings (SSSR count). The van der Waals surface area contributed by atoms with Gasteiger partial charge in [-0.05, 0) is 60.5 Å². The highest BCUT2D eigenvalue weighted by atomic mass is 19.1. The number of nitrogens with one attached hydrogen (secondary N) is 1. The number of halogens is 1. The van der Waals surface area contributed by atoms with Crippen molar-refractivity contribution in [2.45, 2.75) is 13.5 Å². The zero-order valence-corrected chi connectivity index (χ0v) is 17.6. The van der Waals surface area contributed by atoms with Crippen LogP contribution in [-0.2, 0) is 16.1 Å². The Morgan fingerprint density at radius 1 is 0.939 bits per heavy atom. The average Bonchev–Trinajstić information content (AvgIpc) is 3.08. The van der Waals surface area contributed by atoms with Gasteiger partial charge in [-0.2, -0.15) is 0 Å². The van der Waals surface area contributed by atoms with Crippen LogP contribution in [0.1, 0.15) is 42.2 Å². The first kappa shape index (κ1) is 21.9. The first-order chi connectivity index (χ1) is 15.8. The van der Waals surface area contributed by atoms with Gasteiger partial charge in [-0.3, -0.25) is 14.4 Å². The Morgan fingerprint density at radius 2 is 1.58 bits per heavy atom. The molecule has 3 aromatic rings. The molecule has 1 heterocycles. The third-order valence-corrected chi connectivity index (χ3v) is 5.22. The van der Waals surface area contributed by atoms with Crippen LogP contribution in [-0.4, -0.2) is 30.3 Å². The lowest BCUT2D eigenvalue weighted by atomic mass is 10.1. The van der Waals surface area contributed by atoms with E-state index in [1.165, 1.54) is 30.3 Å². The van der Waals surface area contributed by atoms with E-state index < -0.39 is 30.3 Å². The van der Waals surface area contributed by atoms with Crippen molar-refractivity contribution in [3.05, 3.63) is 100 Å². The van der Waals surface area contributed by atoms with Crippen LogP contribution >= 0.6 is 0 Å². The number of benzene rings is 3. The topological polar surface area (TPSA) is 92.8 Å². The summed E-state index contributed by atoms with van der Waals surface area (Å²) in [5, 5.41) is 2.55. The molecule has 7 nitrogen and oxygen atoms in total. The van der Waals surface area contributed by atoms with Gasteiger partial charge in [0.25, 0.3) is 17.7 Å². The summed E-state index contributed by atoms with van der Waals surface area (Å²) in [7, 11) is 0. The zero-order chi connectivity index (χ0) is 23.5. The molecule has 3 aromatic carbocycles. The smallest absolute Gasteiger partial charge is 0.338 e. The minimum atomic E-state index is -0.736. The van der Waals surface area contributed by atoms with E-state index in [0.29, 0.717) is 27.9 Å². The number of carbonyl (C=O) groups is 4. The van der Waals surface area contributed by atoms with Crippen LogP contribution in [0.25, 0.3) is 0 Å². The summed E-state index contributed by atoms with van der Waals surface area (Å²) in [4.78, 5) is 50.3. The molecule has 3 amide bonds. The molecule has 1 N–H and O–H groups in total. The monoisotopic (exact) mass is 446 g/mol. The van der Waals surface area contributed by atoms with Crippen LogP contribution in [0.4, 0.5) is 10.1 Å². The summed E-state index contributed by atoms with van der Waals surface area (Å²) in [5.74, 6) is -2.50. The minimum Gasteiger partial charge on any atom is -0.452 e. The molecule has 1 aliphatic rings. The van der Waals surface area contributed by atoms with Crippen molar-refractivity contribution < 1.29 is 28.3 Å². The van der Waals surface area contributed by atoms with Gasteiger partial charge in [0.1, 0.15) is 5.82 Å². The highest BCUT2D eigenvalue weighted by Gasteiger charge is 2.36. The Hall–Kier alpha value is -4.33. The van der Waals surface area contributed by atoms with Gasteiger partial charge in [-0.1, -0.05) is 24.3 Å². The van der Waals surface area contributed by atoms with Crippen molar-refractivity contribution in [2.24, 2.45) is 0 Å². The highest BCUT2D eigenvalue weighted by Crippen LogP contribution is 2.28. The van der Waals surface area contributed by atoms with E-state index in [1.807, 2.05) is 0 Å². The van der Waals surface area contributed by atoms with Crippen molar-refractivity contribution in [1.82, 2.24) is 5.32 Å². The van der Waals surface area contributed by atoms with E-state index in [9.17, 15) is 23.6 Å². The molecule has 0 atom stereocenters. The molecular formula is C25H19FN2O5. The van der Waals surface area contributed by atoms with E-state index in [-0.39, 0.29) is 17.9 Å². The third-order valence-electron chi connectivity index (χ3n) is 5.22. The summed E-state index contributed by atoms with van der Waals surface area (Å²) in [5.41, 5.74) is 2.22. The minimum absolute atomic E-state index is 0.0998. The summed E-state index contributed by atoms with van der Waals surface area (Å²) < 4.78 is 18.6. The van der Waals surface area contributed by atoms with Gasteiger partial charge in [0.2, 0.25) is 0 Å². The van der Waals surface area contributed by atoms with Gasteiger partial charge in [-0.15, -0.1) is 0 Å². The number of fused-ring (bicyclic) bond motifs is 1. The highest BCUT2D eigenvalue weighted by molar-refractivity contribution is 6.34. The van der Waals surface area contributed by atoms with E-state index >= 15 is 0 Å². The molecule has 0 aliphatic carbocycles. The number of hydrogen-bond donors (Lipinski definition) is 1. The Morgan fingerprint density at radius 3 is 2.18 bits per heavy atom. The molecule has 0 spiro atoms. The molecule has 0 saturated carbocycles. The van der Waals surface area contributed by atoms with Crippen molar-refractivity contribution in [1.29, 1.82) is 0 Å². The lowest BCUT2D eigenvalue weighted by molar-refractivity contribution is -0.124. The third kappa shape index (κ3) is 4.50. The van der Waals surface area contributed by atoms with E-state index in [4.69, 9.17) is 4.74 Å². The predicted molar refractivity (Wildman–Crippen MR) is 117 cm³/mol. The van der Waals surface area contributed by atoms with Gasteiger partial charge in [0.05, 0.1) is 22.4 Å². The Bertz CT molecular complexity index is 1240. The standard InChI is InChI=1S/C25H19FN2O5/c1-15-6-7-16(12-21(15)26)13-27-22(29)14-33-25(32)17-8-10-18(11-9-17)28-23(30)19-4-2-3-5-20(19)24(28)31/h2-12H,13-14H2,1H3,(H,27,29). The average molecular weight is 446 g/mol. The Balaban J connectivity index is 1.32. The molecule has 0 aromatic heterocycles. The summed E-state index contributed by atoms with van der Waals surface area (Å²) >= 11 is 0. The first-order valence-electron chi connectivity index (χ1n) is 10.1. The van der Waals surface area contributed by atoms with Crippen LogP contribution < -0.4 is 10.2 Å². The summed E-state index contributed by atoms with van der Waals surface area (Å²) in [6.07, 6.45) is 0. The van der Waals surface area contributed by atoms with Crippen LogP contribution in [0.3, 0.4) is 0 Å². The lowest BCUT2D eigenvalue weighted by Gasteiger charge is -2.14. The van der Waals surface area contributed by atoms with Crippen molar-refractivity contribution in [3.63, 3.8) is 0 Å². The molecule has 33 heavy (non-hydrogen) atoms. The van der Waals surface area contributed by atoms with Gasteiger partial charge in [0.15, 0.2) is 6.61 Å². The number of rotatable bonds is 6.